The van der Waals surface area contributed by atoms with Crippen LogP contribution < -0.4 is 11.1 Å². The van der Waals surface area contributed by atoms with Gasteiger partial charge in [-0.2, -0.15) is 0 Å². The quantitative estimate of drug-likeness (QED) is 0.772. The zero-order valence-electron chi connectivity index (χ0n) is 10.1. The highest BCUT2D eigenvalue weighted by atomic mass is 16.1. The van der Waals surface area contributed by atoms with Gasteiger partial charge in [-0.25, -0.2) is 0 Å². The molecule has 0 radical (unpaired) electrons. The van der Waals surface area contributed by atoms with E-state index in [9.17, 15) is 4.79 Å². The van der Waals surface area contributed by atoms with Crippen LogP contribution in [0.25, 0.3) is 0 Å². The third-order valence-electron chi connectivity index (χ3n) is 2.55. The van der Waals surface area contributed by atoms with Crippen LogP contribution in [-0.4, -0.2) is 27.4 Å². The molecule has 3 N–H and O–H groups in total. The molecule has 2 aromatic rings. The second-order valence-corrected chi connectivity index (χ2v) is 4.01. The van der Waals surface area contributed by atoms with Crippen LogP contribution in [0, 0.1) is 6.92 Å². The minimum absolute atomic E-state index is 0.170. The van der Waals surface area contributed by atoms with Crippen LogP contribution in [0.5, 0.6) is 0 Å². The van der Waals surface area contributed by atoms with E-state index in [1.54, 1.807) is 29.2 Å². The molecule has 1 aromatic carbocycles. The molecule has 94 valence electrons. The monoisotopic (exact) mass is 245 g/mol. The van der Waals surface area contributed by atoms with Gasteiger partial charge in [0.2, 0.25) is 0 Å². The molecule has 1 aromatic heterocycles. The number of nitrogens with one attached hydrogen (secondary N) is 1. The Morgan fingerprint density at radius 3 is 3.06 bits per heavy atom. The standard InChI is InChI=1S/C12H15N5O/c1-9-2-3-11(13)10(8-9)12(18)14-4-6-17-7-5-15-16-17/h2-3,5,7-8H,4,6,13H2,1H3,(H,14,18). The Labute approximate surface area is 105 Å². The highest BCUT2D eigenvalue weighted by Crippen LogP contribution is 2.13. The first kappa shape index (κ1) is 12.1. The maximum atomic E-state index is 11.9. The van der Waals surface area contributed by atoms with Crippen LogP contribution in [0.15, 0.2) is 30.6 Å². The lowest BCUT2D eigenvalue weighted by Gasteiger charge is -2.08. The molecule has 0 aliphatic heterocycles. The highest BCUT2D eigenvalue weighted by molar-refractivity contribution is 5.99. The second kappa shape index (κ2) is 5.31. The number of amides is 1. The fourth-order valence-electron chi connectivity index (χ4n) is 1.60. The molecule has 0 bridgehead atoms. The van der Waals surface area contributed by atoms with Crippen molar-refractivity contribution in [3.63, 3.8) is 0 Å². The molecule has 0 unspecified atom stereocenters. The number of rotatable bonds is 4. The van der Waals surface area contributed by atoms with Crippen LogP contribution in [-0.2, 0) is 6.54 Å². The number of carbonyl (C=O) groups excluding carboxylic acids is 1. The number of aromatic nitrogens is 3. The van der Waals surface area contributed by atoms with Gasteiger partial charge in [-0.1, -0.05) is 16.8 Å². The molecule has 0 atom stereocenters. The van der Waals surface area contributed by atoms with Crippen molar-refractivity contribution in [2.45, 2.75) is 13.5 Å². The summed E-state index contributed by atoms with van der Waals surface area (Å²) in [5.74, 6) is -0.170. The Hall–Kier alpha value is -2.37. The highest BCUT2D eigenvalue weighted by Gasteiger charge is 2.09. The summed E-state index contributed by atoms with van der Waals surface area (Å²) in [7, 11) is 0. The van der Waals surface area contributed by atoms with Gasteiger partial charge in [0.25, 0.3) is 5.91 Å². The molecule has 6 nitrogen and oxygen atoms in total. The van der Waals surface area contributed by atoms with Gasteiger partial charge < -0.3 is 11.1 Å². The van der Waals surface area contributed by atoms with E-state index in [2.05, 4.69) is 15.6 Å². The summed E-state index contributed by atoms with van der Waals surface area (Å²) >= 11 is 0. The minimum atomic E-state index is -0.170. The van der Waals surface area contributed by atoms with Crippen LogP contribution in [0.1, 0.15) is 15.9 Å². The molecule has 0 aliphatic carbocycles. The predicted octanol–water partition coefficient (Wildman–Crippen LogP) is 0.599. The number of hydrogen-bond donors (Lipinski definition) is 2. The van der Waals surface area contributed by atoms with Crippen molar-refractivity contribution in [3.8, 4) is 0 Å². The summed E-state index contributed by atoms with van der Waals surface area (Å²) in [5, 5.41) is 10.3. The predicted molar refractivity (Wildman–Crippen MR) is 67.9 cm³/mol. The molecule has 6 heteroatoms. The van der Waals surface area contributed by atoms with Gasteiger partial charge in [-0.3, -0.25) is 9.48 Å². The molecule has 2 rings (SSSR count). The van der Waals surface area contributed by atoms with Gasteiger partial charge in [0.05, 0.1) is 18.3 Å². The smallest absolute Gasteiger partial charge is 0.253 e. The van der Waals surface area contributed by atoms with E-state index < -0.39 is 0 Å². The van der Waals surface area contributed by atoms with E-state index in [0.717, 1.165) is 5.56 Å². The fourth-order valence-corrected chi connectivity index (χ4v) is 1.60. The average Bonchev–Trinajstić information content (AvgIpc) is 2.85. The second-order valence-electron chi connectivity index (χ2n) is 4.01. The summed E-state index contributed by atoms with van der Waals surface area (Å²) in [4.78, 5) is 11.9. The number of anilines is 1. The normalized spacial score (nSPS) is 10.3. The lowest BCUT2D eigenvalue weighted by Crippen LogP contribution is -2.28. The van der Waals surface area contributed by atoms with Crippen LogP contribution in [0.3, 0.4) is 0 Å². The van der Waals surface area contributed by atoms with Crippen molar-refractivity contribution in [1.82, 2.24) is 20.3 Å². The molecule has 0 aliphatic rings. The largest absolute Gasteiger partial charge is 0.398 e. The first-order chi connectivity index (χ1) is 8.66. The van der Waals surface area contributed by atoms with Crippen molar-refractivity contribution >= 4 is 11.6 Å². The maximum Gasteiger partial charge on any atom is 0.253 e. The summed E-state index contributed by atoms with van der Waals surface area (Å²) in [6, 6.07) is 5.39. The van der Waals surface area contributed by atoms with Crippen LogP contribution >= 0.6 is 0 Å². The van der Waals surface area contributed by atoms with E-state index in [1.807, 2.05) is 13.0 Å². The van der Waals surface area contributed by atoms with E-state index in [1.165, 1.54) is 0 Å². The third kappa shape index (κ3) is 2.85. The van der Waals surface area contributed by atoms with Crippen LogP contribution in [0.2, 0.25) is 0 Å². The van der Waals surface area contributed by atoms with Gasteiger partial charge >= 0.3 is 0 Å². The summed E-state index contributed by atoms with van der Waals surface area (Å²) in [5.41, 5.74) is 7.77. The van der Waals surface area contributed by atoms with Crippen molar-refractivity contribution < 1.29 is 4.79 Å². The van der Waals surface area contributed by atoms with Gasteiger partial charge in [0, 0.05) is 18.4 Å². The number of nitrogen functional groups attached to an aromatic ring is 1. The topological polar surface area (TPSA) is 85.8 Å². The molecule has 1 amide bonds. The maximum absolute atomic E-state index is 11.9. The number of aryl methyl sites for hydroxylation is 1. The van der Waals surface area contributed by atoms with Gasteiger partial charge in [0.1, 0.15) is 0 Å². The fraction of sp³-hybridized carbons (Fsp3) is 0.250. The van der Waals surface area contributed by atoms with Crippen molar-refractivity contribution in [2.24, 2.45) is 0 Å². The molecular weight excluding hydrogens is 230 g/mol. The first-order valence-corrected chi connectivity index (χ1v) is 5.65. The molecule has 0 fully saturated rings. The van der Waals surface area contributed by atoms with Crippen molar-refractivity contribution in [1.29, 1.82) is 0 Å². The van der Waals surface area contributed by atoms with E-state index >= 15 is 0 Å². The number of nitrogens with zero attached hydrogens (tertiary/aromatic N) is 3. The zero-order chi connectivity index (χ0) is 13.0. The number of carbonyl (C=O) groups is 1. The molecule has 0 saturated heterocycles. The van der Waals surface area contributed by atoms with Crippen LogP contribution in [0.4, 0.5) is 5.69 Å². The first-order valence-electron chi connectivity index (χ1n) is 5.65. The average molecular weight is 245 g/mol. The van der Waals surface area contributed by atoms with Gasteiger partial charge in [-0.05, 0) is 19.1 Å². The minimum Gasteiger partial charge on any atom is -0.398 e. The summed E-state index contributed by atoms with van der Waals surface area (Å²) in [6.07, 6.45) is 3.34. The molecule has 0 saturated carbocycles. The molecule has 1 heterocycles. The molecule has 0 spiro atoms. The van der Waals surface area contributed by atoms with E-state index in [0.29, 0.717) is 24.3 Å². The number of hydrogen-bond acceptors (Lipinski definition) is 4. The lowest BCUT2D eigenvalue weighted by atomic mass is 10.1. The molecular formula is C12H15N5O. The Morgan fingerprint density at radius 2 is 2.33 bits per heavy atom. The lowest BCUT2D eigenvalue weighted by molar-refractivity contribution is 0.0952. The number of benzene rings is 1. The van der Waals surface area contributed by atoms with Gasteiger partial charge in [0.15, 0.2) is 0 Å². The van der Waals surface area contributed by atoms with E-state index in [4.69, 9.17) is 5.73 Å². The SMILES string of the molecule is Cc1ccc(N)c(C(=O)NCCn2ccnn2)c1. The summed E-state index contributed by atoms with van der Waals surface area (Å²) < 4.78 is 1.65. The third-order valence-corrected chi connectivity index (χ3v) is 2.55. The Kier molecular flexibility index (Phi) is 3.57. The van der Waals surface area contributed by atoms with Gasteiger partial charge in [-0.15, -0.1) is 5.10 Å². The van der Waals surface area contributed by atoms with Crippen molar-refractivity contribution in [3.05, 3.63) is 41.7 Å². The van der Waals surface area contributed by atoms with Crippen molar-refractivity contribution in [2.75, 3.05) is 12.3 Å². The Bertz CT molecular complexity index is 535. The van der Waals surface area contributed by atoms with E-state index in [-0.39, 0.29) is 5.91 Å². The Balaban J connectivity index is 1.93. The summed E-state index contributed by atoms with van der Waals surface area (Å²) in [6.45, 7) is 2.98. The Morgan fingerprint density at radius 1 is 1.50 bits per heavy atom. The zero-order valence-corrected chi connectivity index (χ0v) is 10.1. The molecule has 18 heavy (non-hydrogen) atoms. The number of nitrogens with two attached hydrogens (primary N) is 1.